The van der Waals surface area contributed by atoms with Gasteiger partial charge in [0.15, 0.2) is 6.10 Å². The molecule has 1 aromatic rings. The van der Waals surface area contributed by atoms with Gasteiger partial charge in [-0.05, 0) is 56.1 Å². The molecular formula is C23H37F3O2. The number of hydrogen-bond acceptors (Lipinski definition) is 2. The van der Waals surface area contributed by atoms with Crippen molar-refractivity contribution in [2.75, 3.05) is 0 Å². The normalized spacial score (nSPS) is 14.6. The summed E-state index contributed by atoms with van der Waals surface area (Å²) in [5.74, 6) is -0.131. The van der Waals surface area contributed by atoms with Gasteiger partial charge in [0, 0.05) is 0 Å². The summed E-state index contributed by atoms with van der Waals surface area (Å²) in [5, 5.41) is 0. The second kappa shape index (κ2) is 10.3. The number of carbonyl (C=O) groups is 1. The van der Waals surface area contributed by atoms with Crippen molar-refractivity contribution in [3.8, 4) is 0 Å². The number of ether oxygens (including phenoxy) is 1. The van der Waals surface area contributed by atoms with Crippen LogP contribution in [0.2, 0.25) is 0 Å². The molecule has 0 N–H and O–H groups in total. The van der Waals surface area contributed by atoms with Crippen LogP contribution in [-0.2, 0) is 14.9 Å². The van der Waals surface area contributed by atoms with E-state index in [4.69, 9.17) is 0 Å². The summed E-state index contributed by atoms with van der Waals surface area (Å²) in [5.41, 5.74) is 2.29. The molecule has 2 nitrogen and oxygen atoms in total. The third kappa shape index (κ3) is 8.66. The summed E-state index contributed by atoms with van der Waals surface area (Å²) in [7, 11) is 0. The standard InChI is InChI=1S/C14H22.C9H15F3O2/c1-6-11(2)12-7-9-13(10-8-12)14(3,4)5;1-5-8(3,4)7(13)14-6(2)9(10,11)12/h7-11H,6H2,1-5H3;6H,5H2,1-4H3. The Morgan fingerprint density at radius 3 is 1.75 bits per heavy atom. The predicted molar refractivity (Wildman–Crippen MR) is 110 cm³/mol. The zero-order chi connectivity index (χ0) is 22.3. The highest BCUT2D eigenvalue weighted by Gasteiger charge is 2.41. The summed E-state index contributed by atoms with van der Waals surface area (Å²) in [6.07, 6.45) is -4.87. The van der Waals surface area contributed by atoms with Crippen LogP contribution in [0, 0.1) is 5.41 Å². The van der Waals surface area contributed by atoms with Crippen molar-refractivity contribution in [3.05, 3.63) is 35.4 Å². The monoisotopic (exact) mass is 402 g/mol. The highest BCUT2D eigenvalue weighted by atomic mass is 19.4. The van der Waals surface area contributed by atoms with Crippen LogP contribution in [0.1, 0.15) is 92.2 Å². The fraction of sp³-hybridized carbons (Fsp3) is 0.696. The predicted octanol–water partition coefficient (Wildman–Crippen LogP) is 7.41. The maximum absolute atomic E-state index is 12.0. The maximum Gasteiger partial charge on any atom is 0.425 e. The highest BCUT2D eigenvalue weighted by molar-refractivity contribution is 5.76. The molecular weight excluding hydrogens is 365 g/mol. The lowest BCUT2D eigenvalue weighted by Crippen LogP contribution is -2.36. The van der Waals surface area contributed by atoms with E-state index in [0.29, 0.717) is 12.3 Å². The van der Waals surface area contributed by atoms with E-state index in [1.807, 2.05) is 0 Å². The first kappa shape index (κ1) is 26.5. The van der Waals surface area contributed by atoms with Crippen molar-refractivity contribution in [1.29, 1.82) is 0 Å². The van der Waals surface area contributed by atoms with E-state index in [1.54, 1.807) is 20.8 Å². The fourth-order valence-corrected chi connectivity index (χ4v) is 2.08. The number of esters is 1. The second-order valence-corrected chi connectivity index (χ2v) is 9.01. The van der Waals surface area contributed by atoms with Gasteiger partial charge in [0.25, 0.3) is 0 Å². The molecule has 0 aliphatic rings. The van der Waals surface area contributed by atoms with Crippen LogP contribution in [0.25, 0.3) is 0 Å². The molecule has 0 fully saturated rings. The van der Waals surface area contributed by atoms with Crippen molar-refractivity contribution in [2.24, 2.45) is 5.41 Å². The van der Waals surface area contributed by atoms with E-state index < -0.39 is 23.7 Å². The van der Waals surface area contributed by atoms with Crippen molar-refractivity contribution in [3.63, 3.8) is 0 Å². The first-order valence-corrected chi connectivity index (χ1v) is 9.94. The molecule has 0 aliphatic heterocycles. The topological polar surface area (TPSA) is 26.3 Å². The van der Waals surface area contributed by atoms with Crippen LogP contribution in [-0.4, -0.2) is 18.2 Å². The molecule has 0 aromatic heterocycles. The van der Waals surface area contributed by atoms with Crippen LogP contribution in [0.3, 0.4) is 0 Å². The molecule has 0 radical (unpaired) electrons. The van der Waals surface area contributed by atoms with E-state index in [9.17, 15) is 18.0 Å². The molecule has 5 heteroatoms. The van der Waals surface area contributed by atoms with Crippen molar-refractivity contribution in [2.45, 2.75) is 98.8 Å². The Bertz CT molecular complexity index is 596. The van der Waals surface area contributed by atoms with Gasteiger partial charge in [0.1, 0.15) is 0 Å². The molecule has 0 saturated heterocycles. The average Bonchev–Trinajstić information content (AvgIpc) is 2.60. The third-order valence-corrected chi connectivity index (χ3v) is 5.14. The summed E-state index contributed by atoms with van der Waals surface area (Å²) < 4.78 is 40.4. The van der Waals surface area contributed by atoms with Crippen LogP contribution < -0.4 is 0 Å². The van der Waals surface area contributed by atoms with Gasteiger partial charge in [-0.25, -0.2) is 0 Å². The van der Waals surface area contributed by atoms with Crippen molar-refractivity contribution in [1.82, 2.24) is 0 Å². The molecule has 0 saturated carbocycles. The van der Waals surface area contributed by atoms with E-state index in [-0.39, 0.29) is 5.41 Å². The quantitative estimate of drug-likeness (QED) is 0.479. The molecule has 0 bridgehead atoms. The van der Waals surface area contributed by atoms with Gasteiger partial charge in [-0.15, -0.1) is 0 Å². The molecule has 1 aromatic carbocycles. The van der Waals surface area contributed by atoms with Gasteiger partial charge in [-0.2, -0.15) is 13.2 Å². The molecule has 2 atom stereocenters. The number of rotatable bonds is 5. The van der Waals surface area contributed by atoms with Crippen molar-refractivity contribution < 1.29 is 22.7 Å². The van der Waals surface area contributed by atoms with Crippen LogP contribution in [0.5, 0.6) is 0 Å². The van der Waals surface area contributed by atoms with E-state index in [0.717, 1.165) is 6.92 Å². The fourth-order valence-electron chi connectivity index (χ4n) is 2.08. The molecule has 0 heterocycles. The van der Waals surface area contributed by atoms with E-state index in [2.05, 4.69) is 63.6 Å². The molecule has 0 aliphatic carbocycles. The number of benzene rings is 1. The zero-order valence-corrected chi connectivity index (χ0v) is 18.8. The minimum Gasteiger partial charge on any atom is -0.453 e. The number of halogens is 3. The zero-order valence-electron chi connectivity index (χ0n) is 18.8. The van der Waals surface area contributed by atoms with Gasteiger partial charge >= 0.3 is 12.1 Å². The van der Waals surface area contributed by atoms with Gasteiger partial charge < -0.3 is 4.74 Å². The van der Waals surface area contributed by atoms with Gasteiger partial charge in [0.2, 0.25) is 0 Å². The van der Waals surface area contributed by atoms with E-state index in [1.165, 1.54) is 17.5 Å². The molecule has 28 heavy (non-hydrogen) atoms. The van der Waals surface area contributed by atoms with Gasteiger partial charge in [-0.3, -0.25) is 4.79 Å². The van der Waals surface area contributed by atoms with Crippen LogP contribution in [0.15, 0.2) is 24.3 Å². The largest absolute Gasteiger partial charge is 0.453 e. The van der Waals surface area contributed by atoms with Crippen LogP contribution in [0.4, 0.5) is 13.2 Å². The number of alkyl halides is 3. The SMILES string of the molecule is CCC(C)(C)C(=O)OC(C)C(F)(F)F.CCC(C)c1ccc(C(C)(C)C)cc1. The summed E-state index contributed by atoms with van der Waals surface area (Å²) >= 11 is 0. The minimum atomic E-state index is -4.49. The lowest BCUT2D eigenvalue weighted by molar-refractivity contribution is -0.221. The Labute approximate surface area is 168 Å². The smallest absolute Gasteiger partial charge is 0.425 e. The van der Waals surface area contributed by atoms with Gasteiger partial charge in [-0.1, -0.05) is 65.8 Å². The average molecular weight is 403 g/mol. The Kier molecular flexibility index (Phi) is 9.75. The van der Waals surface area contributed by atoms with Gasteiger partial charge in [0.05, 0.1) is 5.41 Å². The Morgan fingerprint density at radius 1 is 0.964 bits per heavy atom. The second-order valence-electron chi connectivity index (χ2n) is 9.01. The molecule has 1 rings (SSSR count). The van der Waals surface area contributed by atoms with Crippen LogP contribution >= 0.6 is 0 Å². The molecule has 162 valence electrons. The summed E-state index contributed by atoms with van der Waals surface area (Å²) in [6, 6.07) is 9.08. The molecule has 0 amide bonds. The Morgan fingerprint density at radius 2 is 1.43 bits per heavy atom. The third-order valence-electron chi connectivity index (χ3n) is 5.14. The number of carbonyl (C=O) groups excluding carboxylic acids is 1. The molecule has 0 spiro atoms. The van der Waals surface area contributed by atoms with E-state index >= 15 is 0 Å². The Balaban J connectivity index is 0.000000521. The molecule has 2 unspecified atom stereocenters. The highest BCUT2D eigenvalue weighted by Crippen LogP contribution is 2.28. The maximum atomic E-state index is 12.0. The minimum absolute atomic E-state index is 0.272. The van der Waals surface area contributed by atoms with Crippen molar-refractivity contribution >= 4 is 5.97 Å². The lowest BCUT2D eigenvalue weighted by Gasteiger charge is -2.24. The first-order chi connectivity index (χ1) is 12.6. The first-order valence-electron chi connectivity index (χ1n) is 9.94. The number of hydrogen-bond donors (Lipinski definition) is 0. The summed E-state index contributed by atoms with van der Waals surface area (Å²) in [4.78, 5) is 11.2. The lowest BCUT2D eigenvalue weighted by atomic mass is 9.85. The Hall–Kier alpha value is -1.52. The summed E-state index contributed by atoms with van der Waals surface area (Å²) in [6.45, 7) is 16.9.